The molecule has 0 unspecified atom stereocenters. The highest BCUT2D eigenvalue weighted by molar-refractivity contribution is 6.35. The molecule has 4 aromatic carbocycles. The molecule has 0 aromatic heterocycles. The molecule has 18 heavy (non-hydrogen) atoms. The predicted octanol–water partition coefficient (Wildman–Crippen LogP) is 5.89. The van der Waals surface area contributed by atoms with E-state index in [1.54, 1.807) is 0 Å². The maximum absolute atomic E-state index is 6.14. The predicted molar refractivity (Wildman–Crippen MR) is 80.2 cm³/mol. The molecule has 0 saturated heterocycles. The van der Waals surface area contributed by atoms with Crippen LogP contribution in [0.5, 0.6) is 0 Å². The summed E-state index contributed by atoms with van der Waals surface area (Å²) in [6.07, 6.45) is 0. The van der Waals surface area contributed by atoms with Crippen molar-refractivity contribution < 1.29 is 0 Å². The standard InChI is InChI=1S/C16H8Cl2/c17-13-5-9-1-2-10-6-14(18)8-12-4-3-11(7-13)15(9)16(10)12/h1-8H. The third-order valence-electron chi connectivity index (χ3n) is 3.46. The number of benzene rings is 4. The molecule has 0 nitrogen and oxygen atoms in total. The van der Waals surface area contributed by atoms with Gasteiger partial charge in [0.05, 0.1) is 0 Å². The molecule has 4 rings (SSSR count). The first-order valence-corrected chi connectivity index (χ1v) is 6.51. The van der Waals surface area contributed by atoms with Gasteiger partial charge in [-0.25, -0.2) is 0 Å². The number of rotatable bonds is 0. The van der Waals surface area contributed by atoms with E-state index in [0.29, 0.717) is 0 Å². The highest BCUT2D eigenvalue weighted by Gasteiger charge is 2.09. The van der Waals surface area contributed by atoms with Crippen molar-refractivity contribution in [3.8, 4) is 0 Å². The highest BCUT2D eigenvalue weighted by atomic mass is 35.5. The second kappa shape index (κ2) is 3.50. The van der Waals surface area contributed by atoms with Crippen molar-refractivity contribution in [2.24, 2.45) is 0 Å². The molecule has 0 radical (unpaired) electrons. The minimum absolute atomic E-state index is 0.777. The van der Waals surface area contributed by atoms with Crippen LogP contribution in [0.15, 0.2) is 48.5 Å². The molecular weight excluding hydrogens is 263 g/mol. The summed E-state index contributed by atoms with van der Waals surface area (Å²) in [5, 5.41) is 8.81. The molecule has 86 valence electrons. The summed E-state index contributed by atoms with van der Waals surface area (Å²) >= 11 is 12.3. The Morgan fingerprint density at radius 1 is 0.500 bits per heavy atom. The monoisotopic (exact) mass is 270 g/mol. The Bertz CT molecular complexity index is 752. The van der Waals surface area contributed by atoms with Gasteiger partial charge in [0, 0.05) is 10.0 Å². The zero-order valence-electron chi connectivity index (χ0n) is 9.37. The normalized spacial score (nSPS) is 11.9. The largest absolute Gasteiger partial charge is 0.0843 e. The summed E-state index contributed by atoms with van der Waals surface area (Å²) in [5.74, 6) is 0. The number of hydrogen-bond acceptors (Lipinski definition) is 0. The maximum atomic E-state index is 6.14. The van der Waals surface area contributed by atoms with Crippen LogP contribution in [-0.4, -0.2) is 0 Å². The van der Waals surface area contributed by atoms with Gasteiger partial charge in [-0.1, -0.05) is 47.5 Å². The van der Waals surface area contributed by atoms with Crippen molar-refractivity contribution in [2.45, 2.75) is 0 Å². The number of hydrogen-bond donors (Lipinski definition) is 0. The van der Waals surface area contributed by atoms with Crippen molar-refractivity contribution >= 4 is 55.5 Å². The van der Waals surface area contributed by atoms with Crippen LogP contribution in [0.4, 0.5) is 0 Å². The van der Waals surface area contributed by atoms with Gasteiger partial charge in [-0.15, -0.1) is 0 Å². The van der Waals surface area contributed by atoms with Crippen molar-refractivity contribution in [1.82, 2.24) is 0 Å². The van der Waals surface area contributed by atoms with E-state index in [4.69, 9.17) is 23.2 Å². The second-order valence-corrected chi connectivity index (χ2v) is 5.46. The van der Waals surface area contributed by atoms with Crippen LogP contribution in [0.25, 0.3) is 32.3 Å². The van der Waals surface area contributed by atoms with E-state index in [0.717, 1.165) is 10.0 Å². The molecular formula is C16H8Cl2. The Balaban J connectivity index is 2.41. The van der Waals surface area contributed by atoms with Gasteiger partial charge in [-0.05, 0) is 56.6 Å². The van der Waals surface area contributed by atoms with Crippen LogP contribution >= 0.6 is 23.2 Å². The van der Waals surface area contributed by atoms with Crippen LogP contribution in [0.2, 0.25) is 10.0 Å². The second-order valence-electron chi connectivity index (χ2n) is 4.59. The SMILES string of the molecule is Clc1cc2ccc3cc(Cl)cc4ccc(c1)c2c34. The lowest BCUT2D eigenvalue weighted by Crippen LogP contribution is -1.84. The van der Waals surface area contributed by atoms with Gasteiger partial charge < -0.3 is 0 Å². The van der Waals surface area contributed by atoms with Crippen molar-refractivity contribution in [3.05, 3.63) is 58.6 Å². The molecule has 4 aromatic rings. The third kappa shape index (κ3) is 1.33. The summed E-state index contributed by atoms with van der Waals surface area (Å²) in [7, 11) is 0. The average Bonchev–Trinajstić information content (AvgIpc) is 2.34. The molecule has 0 amide bonds. The summed E-state index contributed by atoms with van der Waals surface area (Å²) in [6, 6.07) is 16.5. The molecule has 0 aliphatic carbocycles. The molecule has 0 N–H and O–H groups in total. The lowest BCUT2D eigenvalue weighted by molar-refractivity contribution is 1.78. The molecule has 0 saturated carbocycles. The zero-order valence-corrected chi connectivity index (χ0v) is 10.9. The first kappa shape index (κ1) is 10.4. The quantitative estimate of drug-likeness (QED) is 0.350. The molecule has 0 fully saturated rings. The first-order chi connectivity index (χ1) is 8.72. The summed E-state index contributed by atoms with van der Waals surface area (Å²) in [5.41, 5.74) is 0. The molecule has 2 heteroatoms. The third-order valence-corrected chi connectivity index (χ3v) is 3.90. The van der Waals surface area contributed by atoms with Crippen LogP contribution in [0.3, 0.4) is 0 Å². The Kier molecular flexibility index (Phi) is 2.03. The fourth-order valence-electron chi connectivity index (χ4n) is 2.76. The van der Waals surface area contributed by atoms with E-state index >= 15 is 0 Å². The van der Waals surface area contributed by atoms with Crippen molar-refractivity contribution in [3.63, 3.8) is 0 Å². The minimum Gasteiger partial charge on any atom is -0.0843 e. The van der Waals surface area contributed by atoms with Gasteiger partial charge >= 0.3 is 0 Å². The van der Waals surface area contributed by atoms with Gasteiger partial charge in [-0.2, -0.15) is 0 Å². The van der Waals surface area contributed by atoms with E-state index in [2.05, 4.69) is 24.3 Å². The molecule has 0 bridgehead atoms. The Morgan fingerprint density at radius 2 is 0.778 bits per heavy atom. The fourth-order valence-corrected chi connectivity index (χ4v) is 3.23. The van der Waals surface area contributed by atoms with Crippen molar-refractivity contribution in [1.29, 1.82) is 0 Å². The summed E-state index contributed by atoms with van der Waals surface area (Å²) in [6.45, 7) is 0. The van der Waals surface area contributed by atoms with E-state index in [1.165, 1.54) is 32.3 Å². The molecule has 0 atom stereocenters. The lowest BCUT2D eigenvalue weighted by Gasteiger charge is -2.11. The van der Waals surface area contributed by atoms with Gasteiger partial charge in [0.2, 0.25) is 0 Å². The van der Waals surface area contributed by atoms with Gasteiger partial charge in [0.15, 0.2) is 0 Å². The Hall–Kier alpha value is -1.50. The van der Waals surface area contributed by atoms with Crippen LogP contribution < -0.4 is 0 Å². The maximum Gasteiger partial charge on any atom is 0.0418 e. The first-order valence-electron chi connectivity index (χ1n) is 5.76. The minimum atomic E-state index is 0.777. The Labute approximate surface area is 114 Å². The van der Waals surface area contributed by atoms with Gasteiger partial charge in [-0.3, -0.25) is 0 Å². The van der Waals surface area contributed by atoms with Crippen LogP contribution in [0, 0.1) is 0 Å². The van der Waals surface area contributed by atoms with E-state index in [1.807, 2.05) is 24.3 Å². The van der Waals surface area contributed by atoms with E-state index < -0.39 is 0 Å². The van der Waals surface area contributed by atoms with Crippen LogP contribution in [-0.2, 0) is 0 Å². The van der Waals surface area contributed by atoms with Gasteiger partial charge in [0.25, 0.3) is 0 Å². The zero-order chi connectivity index (χ0) is 12.3. The summed E-state index contributed by atoms with van der Waals surface area (Å²) in [4.78, 5) is 0. The van der Waals surface area contributed by atoms with Gasteiger partial charge in [0.1, 0.15) is 0 Å². The summed E-state index contributed by atoms with van der Waals surface area (Å²) < 4.78 is 0. The molecule has 0 aliphatic heterocycles. The molecule has 0 heterocycles. The average molecular weight is 271 g/mol. The molecule has 0 aliphatic rings. The van der Waals surface area contributed by atoms with Crippen molar-refractivity contribution in [2.75, 3.05) is 0 Å². The smallest absolute Gasteiger partial charge is 0.0418 e. The lowest BCUT2D eigenvalue weighted by atomic mass is 9.94. The number of halogens is 2. The topological polar surface area (TPSA) is 0 Å². The van der Waals surface area contributed by atoms with Crippen LogP contribution in [0.1, 0.15) is 0 Å². The fraction of sp³-hybridized carbons (Fsp3) is 0. The van der Waals surface area contributed by atoms with E-state index in [9.17, 15) is 0 Å². The van der Waals surface area contributed by atoms with E-state index in [-0.39, 0.29) is 0 Å². The highest BCUT2D eigenvalue weighted by Crippen LogP contribution is 2.37. The molecule has 0 spiro atoms. The Morgan fingerprint density at radius 3 is 1.06 bits per heavy atom.